The van der Waals surface area contributed by atoms with Crippen LogP contribution in [0, 0.1) is 0 Å². The molecule has 0 bridgehead atoms. The summed E-state index contributed by atoms with van der Waals surface area (Å²) < 4.78 is 4.76. The SMILES string of the molecule is CN(C)CCCn1c2ccccc2c2c3c(c4c5ccccc5n(C)c4c21)C(=O)NC3. The van der Waals surface area contributed by atoms with Crippen LogP contribution in [0.2, 0.25) is 0 Å². The first-order valence-electron chi connectivity index (χ1n) is 10.9. The number of benzene rings is 3. The van der Waals surface area contributed by atoms with Crippen molar-refractivity contribution in [3.8, 4) is 0 Å². The van der Waals surface area contributed by atoms with Gasteiger partial charge in [0.15, 0.2) is 0 Å². The third-order valence-electron chi connectivity index (χ3n) is 6.80. The first kappa shape index (κ1) is 18.5. The molecule has 1 aliphatic rings. The van der Waals surface area contributed by atoms with Gasteiger partial charge in [0.2, 0.25) is 0 Å². The summed E-state index contributed by atoms with van der Waals surface area (Å²) in [6.45, 7) is 2.58. The third kappa shape index (κ3) is 2.44. The van der Waals surface area contributed by atoms with Gasteiger partial charge in [-0.3, -0.25) is 4.79 Å². The molecule has 0 unspecified atom stereocenters. The van der Waals surface area contributed by atoms with E-state index in [2.05, 4.69) is 89.0 Å². The Morgan fingerprint density at radius 1 is 0.935 bits per heavy atom. The Bertz CT molecular complexity index is 1520. The van der Waals surface area contributed by atoms with Gasteiger partial charge in [0.05, 0.1) is 16.6 Å². The number of aromatic nitrogens is 2. The number of amides is 1. The van der Waals surface area contributed by atoms with Crippen LogP contribution in [-0.2, 0) is 20.1 Å². The molecular formula is C26H26N4O. The van der Waals surface area contributed by atoms with Gasteiger partial charge < -0.3 is 19.4 Å². The Labute approximate surface area is 180 Å². The molecule has 1 aliphatic heterocycles. The van der Waals surface area contributed by atoms with E-state index in [1.165, 1.54) is 21.8 Å². The fourth-order valence-corrected chi connectivity index (χ4v) is 5.52. The maximum Gasteiger partial charge on any atom is 0.252 e. The molecule has 0 saturated heterocycles. The Hall–Kier alpha value is -3.31. The quantitative estimate of drug-likeness (QED) is 0.469. The van der Waals surface area contributed by atoms with Gasteiger partial charge in [-0.05, 0) is 44.8 Å². The van der Waals surface area contributed by atoms with Gasteiger partial charge in [-0.2, -0.15) is 0 Å². The lowest BCUT2D eigenvalue weighted by molar-refractivity contribution is 0.0967. The first-order chi connectivity index (χ1) is 15.1. The van der Waals surface area contributed by atoms with Crippen molar-refractivity contribution >= 4 is 49.5 Å². The molecule has 156 valence electrons. The topological polar surface area (TPSA) is 42.2 Å². The summed E-state index contributed by atoms with van der Waals surface area (Å²) in [7, 11) is 6.38. The molecule has 3 heterocycles. The van der Waals surface area contributed by atoms with Crippen LogP contribution < -0.4 is 5.32 Å². The zero-order valence-corrected chi connectivity index (χ0v) is 18.2. The van der Waals surface area contributed by atoms with E-state index < -0.39 is 0 Å². The molecule has 5 aromatic rings. The third-order valence-corrected chi connectivity index (χ3v) is 6.80. The summed E-state index contributed by atoms with van der Waals surface area (Å²) in [4.78, 5) is 15.3. The molecule has 0 spiro atoms. The summed E-state index contributed by atoms with van der Waals surface area (Å²) >= 11 is 0. The van der Waals surface area contributed by atoms with Crippen LogP contribution in [0.15, 0.2) is 48.5 Å². The average molecular weight is 411 g/mol. The van der Waals surface area contributed by atoms with Gasteiger partial charge in [-0.1, -0.05) is 36.4 Å². The predicted octanol–water partition coefficient (Wildman–Crippen LogP) is 4.63. The van der Waals surface area contributed by atoms with Crippen LogP contribution in [0.3, 0.4) is 0 Å². The molecule has 1 N–H and O–H groups in total. The fraction of sp³-hybridized carbons (Fsp3) is 0.269. The van der Waals surface area contributed by atoms with E-state index in [9.17, 15) is 4.79 Å². The monoisotopic (exact) mass is 410 g/mol. The van der Waals surface area contributed by atoms with E-state index in [1.54, 1.807) is 0 Å². The van der Waals surface area contributed by atoms with Gasteiger partial charge in [-0.15, -0.1) is 0 Å². The minimum Gasteiger partial charge on any atom is -0.348 e. The van der Waals surface area contributed by atoms with Crippen LogP contribution in [0.1, 0.15) is 22.3 Å². The zero-order chi connectivity index (χ0) is 21.3. The molecule has 31 heavy (non-hydrogen) atoms. The van der Waals surface area contributed by atoms with Gasteiger partial charge in [0.1, 0.15) is 0 Å². The maximum atomic E-state index is 13.0. The highest BCUT2D eigenvalue weighted by Crippen LogP contribution is 2.44. The van der Waals surface area contributed by atoms with Gasteiger partial charge in [0, 0.05) is 52.7 Å². The Morgan fingerprint density at radius 2 is 1.61 bits per heavy atom. The number of nitrogens with zero attached hydrogens (tertiary/aromatic N) is 3. The van der Waals surface area contributed by atoms with Crippen molar-refractivity contribution in [1.29, 1.82) is 0 Å². The number of hydrogen-bond donors (Lipinski definition) is 1. The van der Waals surface area contributed by atoms with Crippen LogP contribution >= 0.6 is 0 Å². The van der Waals surface area contributed by atoms with E-state index in [0.29, 0.717) is 6.54 Å². The number of carbonyl (C=O) groups excluding carboxylic acids is 1. The fourth-order valence-electron chi connectivity index (χ4n) is 5.52. The second-order valence-electron chi connectivity index (χ2n) is 8.89. The largest absolute Gasteiger partial charge is 0.348 e. The van der Waals surface area contributed by atoms with Crippen molar-refractivity contribution in [2.75, 3.05) is 20.6 Å². The van der Waals surface area contributed by atoms with Crippen molar-refractivity contribution in [2.24, 2.45) is 7.05 Å². The molecular weight excluding hydrogens is 384 g/mol. The molecule has 0 atom stereocenters. The second-order valence-corrected chi connectivity index (χ2v) is 8.89. The summed E-state index contributed by atoms with van der Waals surface area (Å²) in [5, 5.41) is 7.82. The molecule has 5 heteroatoms. The summed E-state index contributed by atoms with van der Waals surface area (Å²) in [6.07, 6.45) is 1.07. The highest BCUT2D eigenvalue weighted by molar-refractivity contribution is 6.30. The molecule has 2 aromatic heterocycles. The molecule has 1 amide bonds. The summed E-state index contributed by atoms with van der Waals surface area (Å²) in [5.41, 5.74) is 6.83. The average Bonchev–Trinajstić information content (AvgIpc) is 3.39. The lowest BCUT2D eigenvalue weighted by atomic mass is 9.97. The standard InChI is InChI=1S/C26H26N4O/c1-28(2)13-8-14-30-20-12-7-5-10-17(20)21-18-15-27-26(31)23(18)22-16-9-4-6-11-19(16)29(3)24(22)25(21)30/h4-7,9-12H,8,13-15H2,1-3H3,(H,27,31). The van der Waals surface area contributed by atoms with E-state index in [-0.39, 0.29) is 5.91 Å². The lowest BCUT2D eigenvalue weighted by Gasteiger charge is -2.13. The number of hydrogen-bond acceptors (Lipinski definition) is 2. The maximum absolute atomic E-state index is 13.0. The van der Waals surface area contributed by atoms with Crippen molar-refractivity contribution in [3.63, 3.8) is 0 Å². The van der Waals surface area contributed by atoms with Gasteiger partial charge >= 0.3 is 0 Å². The van der Waals surface area contributed by atoms with Crippen LogP contribution in [0.4, 0.5) is 0 Å². The number of fused-ring (bicyclic) bond motifs is 10. The molecule has 0 radical (unpaired) electrons. The van der Waals surface area contributed by atoms with E-state index in [4.69, 9.17) is 0 Å². The van der Waals surface area contributed by atoms with E-state index >= 15 is 0 Å². The minimum absolute atomic E-state index is 0.0442. The number of carbonyl (C=O) groups is 1. The lowest BCUT2D eigenvalue weighted by Crippen LogP contribution is -2.15. The van der Waals surface area contributed by atoms with Crippen molar-refractivity contribution in [3.05, 3.63) is 59.7 Å². The molecule has 6 rings (SSSR count). The Morgan fingerprint density at radius 3 is 2.35 bits per heavy atom. The Balaban J connectivity index is 1.84. The number of aryl methyl sites for hydroxylation is 2. The van der Waals surface area contributed by atoms with Crippen LogP contribution in [-0.4, -0.2) is 40.6 Å². The van der Waals surface area contributed by atoms with Crippen molar-refractivity contribution in [1.82, 2.24) is 19.4 Å². The van der Waals surface area contributed by atoms with Crippen LogP contribution in [0.5, 0.6) is 0 Å². The number of nitrogens with one attached hydrogen (secondary N) is 1. The van der Waals surface area contributed by atoms with Gasteiger partial charge in [-0.25, -0.2) is 0 Å². The highest BCUT2D eigenvalue weighted by Gasteiger charge is 2.31. The van der Waals surface area contributed by atoms with E-state index in [0.717, 1.165) is 52.4 Å². The molecule has 0 fully saturated rings. The summed E-state index contributed by atoms with van der Waals surface area (Å²) in [5.74, 6) is 0.0442. The highest BCUT2D eigenvalue weighted by atomic mass is 16.1. The van der Waals surface area contributed by atoms with Gasteiger partial charge in [0.25, 0.3) is 5.91 Å². The molecule has 5 nitrogen and oxygen atoms in total. The molecule has 3 aromatic carbocycles. The smallest absolute Gasteiger partial charge is 0.252 e. The van der Waals surface area contributed by atoms with Crippen LogP contribution in [0.25, 0.3) is 43.6 Å². The first-order valence-corrected chi connectivity index (χ1v) is 10.9. The second kappa shape index (κ2) is 6.59. The number of rotatable bonds is 4. The Kier molecular flexibility index (Phi) is 3.93. The van der Waals surface area contributed by atoms with Crippen molar-refractivity contribution in [2.45, 2.75) is 19.5 Å². The minimum atomic E-state index is 0.0442. The summed E-state index contributed by atoms with van der Waals surface area (Å²) in [6, 6.07) is 17.1. The normalized spacial score (nSPS) is 13.9. The zero-order valence-electron chi connectivity index (χ0n) is 18.2. The van der Waals surface area contributed by atoms with Crippen molar-refractivity contribution < 1.29 is 4.79 Å². The number of para-hydroxylation sites is 2. The van der Waals surface area contributed by atoms with E-state index in [1.807, 2.05) is 0 Å². The molecule has 0 aliphatic carbocycles. The predicted molar refractivity (Wildman–Crippen MR) is 128 cm³/mol. The molecule has 0 saturated carbocycles.